The van der Waals surface area contributed by atoms with E-state index in [1.54, 1.807) is 0 Å². The third kappa shape index (κ3) is 3.53. The van der Waals surface area contributed by atoms with Crippen LogP contribution in [0.3, 0.4) is 0 Å². The van der Waals surface area contributed by atoms with Crippen LogP contribution in [0.15, 0.2) is 0 Å². The first-order valence-corrected chi connectivity index (χ1v) is 8.22. The Hall–Kier alpha value is -0.610. The Kier molecular flexibility index (Phi) is 5.44. The Morgan fingerprint density at radius 3 is 2.55 bits per heavy atom. The van der Waals surface area contributed by atoms with Crippen molar-refractivity contribution >= 4 is 5.91 Å². The van der Waals surface area contributed by atoms with E-state index >= 15 is 0 Å². The summed E-state index contributed by atoms with van der Waals surface area (Å²) in [4.78, 5) is 14.7. The molecule has 2 aliphatic rings. The molecular formula is C16H31N3O. The molecule has 2 rings (SSSR count). The topological polar surface area (TPSA) is 58.4 Å². The highest BCUT2D eigenvalue weighted by molar-refractivity contribution is 5.78. The van der Waals surface area contributed by atoms with Gasteiger partial charge in [-0.1, -0.05) is 19.3 Å². The van der Waals surface area contributed by atoms with E-state index in [1.165, 1.54) is 32.1 Å². The molecule has 0 radical (unpaired) electrons. The van der Waals surface area contributed by atoms with E-state index in [0.717, 1.165) is 32.4 Å². The van der Waals surface area contributed by atoms with Crippen molar-refractivity contribution in [3.8, 4) is 0 Å². The van der Waals surface area contributed by atoms with Crippen molar-refractivity contribution in [1.82, 2.24) is 10.2 Å². The van der Waals surface area contributed by atoms with Crippen molar-refractivity contribution in [2.24, 2.45) is 17.6 Å². The van der Waals surface area contributed by atoms with Crippen LogP contribution in [0, 0.1) is 11.8 Å². The van der Waals surface area contributed by atoms with Crippen LogP contribution in [0.25, 0.3) is 0 Å². The summed E-state index contributed by atoms with van der Waals surface area (Å²) in [5.41, 5.74) is 5.95. The highest BCUT2D eigenvalue weighted by Gasteiger charge is 2.37. The molecule has 1 amide bonds. The molecule has 0 heterocycles. The van der Waals surface area contributed by atoms with Gasteiger partial charge in [-0.25, -0.2) is 0 Å². The molecule has 116 valence electrons. The number of nitrogens with one attached hydrogen (secondary N) is 1. The van der Waals surface area contributed by atoms with Gasteiger partial charge in [-0.2, -0.15) is 0 Å². The Bertz CT molecular complexity index is 324. The van der Waals surface area contributed by atoms with Crippen LogP contribution >= 0.6 is 0 Å². The molecule has 2 unspecified atom stereocenters. The highest BCUT2D eigenvalue weighted by Crippen LogP contribution is 2.33. The quantitative estimate of drug-likeness (QED) is 0.807. The van der Waals surface area contributed by atoms with Gasteiger partial charge in [0.2, 0.25) is 5.91 Å². The molecule has 0 aliphatic heterocycles. The second kappa shape index (κ2) is 6.90. The lowest BCUT2D eigenvalue weighted by Gasteiger charge is -2.37. The molecule has 4 heteroatoms. The van der Waals surface area contributed by atoms with Crippen molar-refractivity contribution in [2.75, 3.05) is 27.2 Å². The Labute approximate surface area is 123 Å². The monoisotopic (exact) mass is 281 g/mol. The number of carbonyl (C=O) groups excluding carboxylic acids is 1. The minimum atomic E-state index is 0.192. The molecule has 0 aromatic carbocycles. The molecule has 0 saturated heterocycles. The first-order valence-electron chi connectivity index (χ1n) is 8.22. The Morgan fingerprint density at radius 2 is 1.95 bits per heavy atom. The van der Waals surface area contributed by atoms with Gasteiger partial charge in [0.15, 0.2) is 0 Å². The molecule has 2 aliphatic carbocycles. The van der Waals surface area contributed by atoms with Crippen LogP contribution in [-0.4, -0.2) is 43.5 Å². The zero-order valence-corrected chi connectivity index (χ0v) is 13.2. The van der Waals surface area contributed by atoms with Crippen LogP contribution in [-0.2, 0) is 4.79 Å². The van der Waals surface area contributed by atoms with Crippen molar-refractivity contribution in [2.45, 2.75) is 56.9 Å². The van der Waals surface area contributed by atoms with E-state index in [0.29, 0.717) is 5.92 Å². The van der Waals surface area contributed by atoms with E-state index in [-0.39, 0.29) is 17.4 Å². The smallest absolute Gasteiger partial charge is 0.223 e. The van der Waals surface area contributed by atoms with Gasteiger partial charge in [0.05, 0.1) is 0 Å². The van der Waals surface area contributed by atoms with Gasteiger partial charge in [0.25, 0.3) is 0 Å². The SMILES string of the molecule is CN(C)C1(CNC(=O)C2CCCC(CN)C2)CCCC1. The zero-order valence-electron chi connectivity index (χ0n) is 13.2. The molecule has 4 nitrogen and oxygen atoms in total. The molecular weight excluding hydrogens is 250 g/mol. The molecule has 20 heavy (non-hydrogen) atoms. The predicted molar refractivity (Wildman–Crippen MR) is 82.4 cm³/mol. The standard InChI is InChI=1S/C16H31N3O/c1-19(2)16(8-3-4-9-16)12-18-15(20)14-7-5-6-13(10-14)11-17/h13-14H,3-12,17H2,1-2H3,(H,18,20). The normalized spacial score (nSPS) is 29.6. The van der Waals surface area contributed by atoms with Crippen LogP contribution in [0.4, 0.5) is 0 Å². The molecule has 0 bridgehead atoms. The fraction of sp³-hybridized carbons (Fsp3) is 0.938. The third-order valence-electron chi connectivity index (χ3n) is 5.56. The third-order valence-corrected chi connectivity index (χ3v) is 5.56. The average Bonchev–Trinajstić information content (AvgIpc) is 2.95. The van der Waals surface area contributed by atoms with E-state index in [2.05, 4.69) is 24.3 Å². The van der Waals surface area contributed by atoms with Crippen molar-refractivity contribution in [3.63, 3.8) is 0 Å². The highest BCUT2D eigenvalue weighted by atomic mass is 16.1. The van der Waals surface area contributed by atoms with Gasteiger partial charge in [0.1, 0.15) is 0 Å². The number of hydrogen-bond donors (Lipinski definition) is 2. The summed E-state index contributed by atoms with van der Waals surface area (Å²) >= 11 is 0. The van der Waals surface area contributed by atoms with Crippen LogP contribution in [0.5, 0.6) is 0 Å². The lowest BCUT2D eigenvalue weighted by molar-refractivity contribution is -0.127. The number of nitrogens with two attached hydrogens (primary N) is 1. The molecule has 0 aromatic rings. The second-order valence-electron chi connectivity index (χ2n) is 7.01. The fourth-order valence-electron chi connectivity index (χ4n) is 3.95. The van der Waals surface area contributed by atoms with E-state index in [9.17, 15) is 4.79 Å². The van der Waals surface area contributed by atoms with Gasteiger partial charge in [-0.05, 0) is 58.7 Å². The first kappa shape index (κ1) is 15.8. The lowest BCUT2D eigenvalue weighted by atomic mass is 9.81. The first-order chi connectivity index (χ1) is 9.57. The summed E-state index contributed by atoms with van der Waals surface area (Å²) in [5.74, 6) is 1.00. The van der Waals surface area contributed by atoms with Crippen LogP contribution < -0.4 is 11.1 Å². The molecule has 0 aromatic heterocycles. The maximum atomic E-state index is 12.4. The summed E-state index contributed by atoms with van der Waals surface area (Å²) in [6.07, 6.45) is 9.35. The van der Waals surface area contributed by atoms with Gasteiger partial charge in [0, 0.05) is 18.0 Å². The number of carbonyl (C=O) groups is 1. The average molecular weight is 281 g/mol. The molecule has 0 spiro atoms. The van der Waals surface area contributed by atoms with E-state index < -0.39 is 0 Å². The fourth-order valence-corrected chi connectivity index (χ4v) is 3.95. The molecule has 2 atom stereocenters. The largest absolute Gasteiger partial charge is 0.354 e. The minimum absolute atomic E-state index is 0.192. The number of amides is 1. The molecule has 3 N–H and O–H groups in total. The van der Waals surface area contributed by atoms with Crippen LogP contribution in [0.2, 0.25) is 0 Å². The summed E-state index contributed by atoms with van der Waals surface area (Å²) in [6.45, 7) is 1.54. The van der Waals surface area contributed by atoms with E-state index in [4.69, 9.17) is 5.73 Å². The number of rotatable bonds is 5. The minimum Gasteiger partial charge on any atom is -0.354 e. The molecule has 2 saturated carbocycles. The molecule has 2 fully saturated rings. The van der Waals surface area contributed by atoms with Gasteiger partial charge >= 0.3 is 0 Å². The second-order valence-corrected chi connectivity index (χ2v) is 7.01. The van der Waals surface area contributed by atoms with Gasteiger partial charge < -0.3 is 16.0 Å². The maximum absolute atomic E-state index is 12.4. The Morgan fingerprint density at radius 1 is 1.25 bits per heavy atom. The Balaban J connectivity index is 1.85. The zero-order chi connectivity index (χ0) is 14.6. The number of hydrogen-bond acceptors (Lipinski definition) is 3. The van der Waals surface area contributed by atoms with Gasteiger partial charge in [-0.15, -0.1) is 0 Å². The summed E-state index contributed by atoms with van der Waals surface area (Å²) in [5, 5.41) is 3.24. The number of nitrogens with zero attached hydrogens (tertiary/aromatic N) is 1. The van der Waals surface area contributed by atoms with Crippen molar-refractivity contribution < 1.29 is 4.79 Å². The van der Waals surface area contributed by atoms with Crippen LogP contribution in [0.1, 0.15) is 51.4 Å². The van der Waals surface area contributed by atoms with Crippen molar-refractivity contribution in [3.05, 3.63) is 0 Å². The maximum Gasteiger partial charge on any atom is 0.223 e. The van der Waals surface area contributed by atoms with E-state index in [1.807, 2.05) is 0 Å². The summed E-state index contributed by atoms with van der Waals surface area (Å²) in [6, 6.07) is 0. The summed E-state index contributed by atoms with van der Waals surface area (Å²) in [7, 11) is 4.28. The summed E-state index contributed by atoms with van der Waals surface area (Å²) < 4.78 is 0. The van der Waals surface area contributed by atoms with Gasteiger partial charge in [-0.3, -0.25) is 4.79 Å². The van der Waals surface area contributed by atoms with Crippen molar-refractivity contribution in [1.29, 1.82) is 0 Å². The predicted octanol–water partition coefficient (Wildman–Crippen LogP) is 1.74. The lowest BCUT2D eigenvalue weighted by Crippen LogP contribution is -2.52. The number of likely N-dealkylation sites (N-methyl/N-ethyl adjacent to an activating group) is 1.